The molecule has 2 amide bonds. The molecule has 2 aromatic heterocycles. The fourth-order valence-corrected chi connectivity index (χ4v) is 2.38. The molecule has 0 unspecified atom stereocenters. The number of carbonyl (C=O) groups is 2. The zero-order valence-electron chi connectivity index (χ0n) is 15.1. The number of amides is 2. The summed E-state index contributed by atoms with van der Waals surface area (Å²) >= 11 is 0. The van der Waals surface area contributed by atoms with Gasteiger partial charge in [-0.1, -0.05) is 0 Å². The van der Waals surface area contributed by atoms with Crippen LogP contribution < -0.4 is 5.32 Å². The summed E-state index contributed by atoms with van der Waals surface area (Å²) < 4.78 is 2.91. The van der Waals surface area contributed by atoms with Crippen LogP contribution >= 0.6 is 0 Å². The highest BCUT2D eigenvalue weighted by Gasteiger charge is 2.21. The van der Waals surface area contributed by atoms with E-state index in [0.717, 1.165) is 0 Å². The van der Waals surface area contributed by atoms with E-state index in [2.05, 4.69) is 15.5 Å². The summed E-state index contributed by atoms with van der Waals surface area (Å²) in [7, 11) is 3.24. The molecule has 0 aliphatic heterocycles. The zero-order chi connectivity index (χ0) is 19.4. The van der Waals surface area contributed by atoms with Crippen molar-refractivity contribution in [3.8, 4) is 0 Å². The summed E-state index contributed by atoms with van der Waals surface area (Å²) in [5.74, 6) is -0.866. The summed E-state index contributed by atoms with van der Waals surface area (Å²) in [6.07, 6.45) is 1.48. The molecule has 11 heteroatoms. The molecule has 0 saturated carbocycles. The first kappa shape index (κ1) is 19.1. The molecule has 2 aromatic rings. The highest BCUT2D eigenvalue weighted by molar-refractivity contribution is 6.02. The highest BCUT2D eigenvalue weighted by atomic mass is 16.6. The number of aromatic nitrogens is 4. The number of nitrogens with one attached hydrogen (secondary N) is 1. The third-order valence-corrected chi connectivity index (χ3v) is 3.73. The molecule has 2 rings (SSSR count). The van der Waals surface area contributed by atoms with Crippen LogP contribution in [0.3, 0.4) is 0 Å². The zero-order valence-corrected chi connectivity index (χ0v) is 15.1. The second-order valence-electron chi connectivity index (χ2n) is 5.84. The van der Waals surface area contributed by atoms with Crippen molar-refractivity contribution >= 4 is 23.3 Å². The summed E-state index contributed by atoms with van der Waals surface area (Å²) in [5.41, 5.74) is 1.22. The monoisotopic (exact) mass is 363 g/mol. The largest absolute Gasteiger partial charge is 0.390 e. The molecule has 0 bridgehead atoms. The number of rotatable bonds is 7. The van der Waals surface area contributed by atoms with Gasteiger partial charge in [-0.15, -0.1) is 0 Å². The van der Waals surface area contributed by atoms with Crippen molar-refractivity contribution in [2.45, 2.75) is 33.4 Å². The minimum absolute atomic E-state index is 0.0482. The number of carbonyl (C=O) groups excluding carboxylic acids is 2. The molecule has 1 N–H and O–H groups in total. The smallest absolute Gasteiger partial charge is 0.358 e. The van der Waals surface area contributed by atoms with E-state index < -0.39 is 4.92 Å². The molecule has 0 aliphatic rings. The second kappa shape index (κ2) is 7.76. The molecule has 26 heavy (non-hydrogen) atoms. The van der Waals surface area contributed by atoms with E-state index in [1.165, 1.54) is 26.5 Å². The Kier molecular flexibility index (Phi) is 5.70. The molecule has 0 atom stereocenters. The average Bonchev–Trinajstić information content (AvgIpc) is 3.15. The number of aryl methyl sites for hydroxylation is 3. The van der Waals surface area contributed by atoms with Gasteiger partial charge in [0.25, 0.3) is 5.91 Å². The average molecular weight is 363 g/mol. The quantitative estimate of drug-likeness (QED) is 0.578. The lowest BCUT2D eigenvalue weighted by Gasteiger charge is -2.13. The van der Waals surface area contributed by atoms with Gasteiger partial charge in [0.15, 0.2) is 0 Å². The predicted octanol–water partition coefficient (Wildman–Crippen LogP) is 1.05. The van der Waals surface area contributed by atoms with Crippen molar-refractivity contribution in [1.29, 1.82) is 0 Å². The minimum atomic E-state index is -0.582. The third-order valence-electron chi connectivity index (χ3n) is 3.73. The molecule has 11 nitrogen and oxygen atoms in total. The first-order chi connectivity index (χ1) is 12.2. The fourth-order valence-electron chi connectivity index (χ4n) is 2.38. The maximum absolute atomic E-state index is 12.3. The Bertz CT molecular complexity index is 837. The van der Waals surface area contributed by atoms with Crippen LogP contribution in [0.5, 0.6) is 0 Å². The van der Waals surface area contributed by atoms with Crippen molar-refractivity contribution in [1.82, 2.24) is 24.5 Å². The van der Waals surface area contributed by atoms with E-state index >= 15 is 0 Å². The van der Waals surface area contributed by atoms with E-state index in [4.69, 9.17) is 0 Å². The van der Waals surface area contributed by atoms with E-state index in [1.54, 1.807) is 21.0 Å². The lowest BCUT2D eigenvalue weighted by molar-refractivity contribution is -0.389. The topological polar surface area (TPSA) is 128 Å². The third kappa shape index (κ3) is 4.05. The lowest BCUT2D eigenvalue weighted by atomic mass is 10.3. The summed E-state index contributed by atoms with van der Waals surface area (Å²) in [6.45, 7) is 4.20. The Labute approximate surface area is 149 Å². The molecule has 0 fully saturated rings. The van der Waals surface area contributed by atoms with Crippen molar-refractivity contribution in [2.24, 2.45) is 0 Å². The fraction of sp³-hybridized carbons (Fsp3) is 0.467. The van der Waals surface area contributed by atoms with Crippen molar-refractivity contribution in [2.75, 3.05) is 19.4 Å². The van der Waals surface area contributed by atoms with E-state index in [9.17, 15) is 19.7 Å². The van der Waals surface area contributed by atoms with E-state index in [0.29, 0.717) is 23.6 Å². The normalized spacial score (nSPS) is 10.6. The Morgan fingerprint density at radius 1 is 1.35 bits per heavy atom. The summed E-state index contributed by atoms with van der Waals surface area (Å²) in [5, 5.41) is 21.4. The molecule has 2 heterocycles. The Morgan fingerprint density at radius 3 is 2.58 bits per heavy atom. The van der Waals surface area contributed by atoms with Gasteiger partial charge in [0.1, 0.15) is 5.69 Å². The molecular formula is C15H21N7O4. The van der Waals surface area contributed by atoms with E-state index in [1.807, 2.05) is 6.92 Å². The number of nitrogens with zero attached hydrogens (tertiary/aromatic N) is 6. The first-order valence-electron chi connectivity index (χ1n) is 8.00. The van der Waals surface area contributed by atoms with E-state index in [-0.39, 0.29) is 30.6 Å². The van der Waals surface area contributed by atoms with Gasteiger partial charge < -0.3 is 20.3 Å². The maximum Gasteiger partial charge on any atom is 0.390 e. The van der Waals surface area contributed by atoms with Gasteiger partial charge in [-0.25, -0.2) is 0 Å². The number of anilines is 1. The van der Waals surface area contributed by atoms with Gasteiger partial charge in [0, 0.05) is 27.1 Å². The van der Waals surface area contributed by atoms with Crippen LogP contribution in [-0.4, -0.2) is 55.3 Å². The summed E-state index contributed by atoms with van der Waals surface area (Å²) in [4.78, 5) is 36.1. The van der Waals surface area contributed by atoms with Crippen LogP contribution in [0.1, 0.15) is 29.5 Å². The SMILES string of the molecule is CCn1ncc(NC(=O)CCn2nc([N+](=O)[O-])cc2C)c1C(=O)N(C)C. The lowest BCUT2D eigenvalue weighted by Crippen LogP contribution is -2.26. The van der Waals surface area contributed by atoms with Crippen LogP contribution in [0.25, 0.3) is 0 Å². The number of hydrogen-bond donors (Lipinski definition) is 1. The van der Waals surface area contributed by atoms with Gasteiger partial charge in [-0.2, -0.15) is 9.78 Å². The Hall–Kier alpha value is -3.24. The van der Waals surface area contributed by atoms with Crippen LogP contribution in [-0.2, 0) is 17.9 Å². The van der Waals surface area contributed by atoms with Crippen molar-refractivity contribution in [3.63, 3.8) is 0 Å². The Balaban J connectivity index is 2.08. The highest BCUT2D eigenvalue weighted by Crippen LogP contribution is 2.17. The minimum Gasteiger partial charge on any atom is -0.358 e. The second-order valence-corrected chi connectivity index (χ2v) is 5.84. The van der Waals surface area contributed by atoms with Crippen LogP contribution in [0.15, 0.2) is 12.3 Å². The molecule has 0 aromatic carbocycles. The van der Waals surface area contributed by atoms with Crippen molar-refractivity contribution < 1.29 is 14.5 Å². The predicted molar refractivity (Wildman–Crippen MR) is 92.8 cm³/mol. The van der Waals surface area contributed by atoms with Crippen LogP contribution in [0.4, 0.5) is 11.5 Å². The molecule has 0 saturated heterocycles. The first-order valence-corrected chi connectivity index (χ1v) is 8.00. The molecule has 0 radical (unpaired) electrons. The van der Waals surface area contributed by atoms with Crippen molar-refractivity contribution in [3.05, 3.63) is 33.8 Å². The maximum atomic E-state index is 12.3. The Morgan fingerprint density at radius 2 is 2.04 bits per heavy atom. The molecule has 140 valence electrons. The van der Waals surface area contributed by atoms with Gasteiger partial charge in [0.05, 0.1) is 35.3 Å². The standard InChI is InChI=1S/C15H21N7O4/c1-5-20-14(15(24)19(3)4)11(9-16-20)17-13(23)6-7-21-10(2)8-12(18-21)22(25)26/h8-9H,5-7H2,1-4H3,(H,17,23). The van der Waals surface area contributed by atoms with Gasteiger partial charge in [0.2, 0.25) is 5.91 Å². The molecule has 0 spiro atoms. The number of nitro groups is 1. The van der Waals surface area contributed by atoms with Gasteiger partial charge in [-0.3, -0.25) is 14.3 Å². The summed E-state index contributed by atoms with van der Waals surface area (Å²) in [6, 6.07) is 1.34. The van der Waals surface area contributed by atoms with Crippen LogP contribution in [0, 0.1) is 17.0 Å². The van der Waals surface area contributed by atoms with Gasteiger partial charge in [-0.05, 0) is 18.8 Å². The van der Waals surface area contributed by atoms with Crippen LogP contribution in [0.2, 0.25) is 0 Å². The molecular weight excluding hydrogens is 342 g/mol. The molecule has 0 aliphatic carbocycles. The van der Waals surface area contributed by atoms with Gasteiger partial charge >= 0.3 is 5.82 Å². The number of hydrogen-bond acceptors (Lipinski definition) is 6.